The highest BCUT2D eigenvalue weighted by Gasteiger charge is 2.24. The number of nitrogens with zero attached hydrogens (tertiary/aromatic N) is 1. The fourth-order valence-corrected chi connectivity index (χ4v) is 3.88. The molecule has 5 heteroatoms. The van der Waals surface area contributed by atoms with Crippen LogP contribution in [0.2, 0.25) is 0 Å². The zero-order valence-corrected chi connectivity index (χ0v) is 11.8. The monoisotopic (exact) mass is 278 g/mol. The summed E-state index contributed by atoms with van der Waals surface area (Å²) in [7, 11) is -2.81. The molecule has 0 radical (unpaired) electrons. The predicted molar refractivity (Wildman–Crippen MR) is 74.4 cm³/mol. The van der Waals surface area contributed by atoms with Gasteiger partial charge in [-0.3, -0.25) is 0 Å². The van der Waals surface area contributed by atoms with E-state index in [1.54, 1.807) is 6.07 Å². The maximum Gasteiger partial charge on any atom is 0.150 e. The van der Waals surface area contributed by atoms with Crippen molar-refractivity contribution in [2.24, 2.45) is 0 Å². The van der Waals surface area contributed by atoms with Gasteiger partial charge < -0.3 is 5.32 Å². The Bertz CT molecular complexity index is 576. The predicted octanol–water partition coefficient (Wildman–Crippen LogP) is 1.79. The summed E-state index contributed by atoms with van der Waals surface area (Å²) >= 11 is 0. The highest BCUT2D eigenvalue weighted by Crippen LogP contribution is 2.19. The van der Waals surface area contributed by atoms with E-state index in [1.165, 1.54) is 0 Å². The minimum Gasteiger partial charge on any atom is -0.307 e. The van der Waals surface area contributed by atoms with E-state index in [9.17, 15) is 8.42 Å². The number of benzene rings is 1. The van der Waals surface area contributed by atoms with E-state index in [4.69, 9.17) is 5.26 Å². The van der Waals surface area contributed by atoms with Gasteiger partial charge in [0.2, 0.25) is 0 Å². The van der Waals surface area contributed by atoms with Crippen molar-refractivity contribution in [1.29, 1.82) is 5.26 Å². The van der Waals surface area contributed by atoms with E-state index in [1.807, 2.05) is 25.1 Å². The summed E-state index contributed by atoms with van der Waals surface area (Å²) in [6.07, 6.45) is 1.34. The van der Waals surface area contributed by atoms with Crippen molar-refractivity contribution in [1.82, 2.24) is 5.32 Å². The Morgan fingerprint density at radius 3 is 2.68 bits per heavy atom. The molecule has 1 fully saturated rings. The number of rotatable bonds is 3. The molecule has 0 spiro atoms. The van der Waals surface area contributed by atoms with Crippen LogP contribution in [0, 0.1) is 11.3 Å². The quantitative estimate of drug-likeness (QED) is 0.915. The molecule has 0 bridgehead atoms. The van der Waals surface area contributed by atoms with Gasteiger partial charge in [-0.05, 0) is 37.5 Å². The number of hydrogen-bond acceptors (Lipinski definition) is 4. The average Bonchev–Trinajstić information content (AvgIpc) is 2.41. The molecule has 1 aliphatic rings. The van der Waals surface area contributed by atoms with E-state index < -0.39 is 9.84 Å². The molecule has 4 nitrogen and oxygen atoms in total. The normalized spacial score (nSPS) is 20.6. The van der Waals surface area contributed by atoms with Crippen LogP contribution in [0.1, 0.15) is 36.9 Å². The molecule has 1 N–H and O–H groups in total. The lowest BCUT2D eigenvalue weighted by Crippen LogP contribution is -2.38. The molecule has 1 aliphatic heterocycles. The van der Waals surface area contributed by atoms with Crippen LogP contribution in [-0.4, -0.2) is 26.0 Å². The van der Waals surface area contributed by atoms with Crippen LogP contribution in [0.4, 0.5) is 0 Å². The van der Waals surface area contributed by atoms with Crippen LogP contribution in [0.5, 0.6) is 0 Å². The van der Waals surface area contributed by atoms with Crippen molar-refractivity contribution in [3.63, 3.8) is 0 Å². The van der Waals surface area contributed by atoms with E-state index in [2.05, 4.69) is 11.4 Å². The van der Waals surface area contributed by atoms with Crippen LogP contribution in [0.15, 0.2) is 24.3 Å². The van der Waals surface area contributed by atoms with Crippen molar-refractivity contribution >= 4 is 9.84 Å². The third-order valence-electron chi connectivity index (χ3n) is 3.56. The lowest BCUT2D eigenvalue weighted by molar-refractivity contribution is 0.420. The number of hydrogen-bond donors (Lipinski definition) is 1. The zero-order chi connectivity index (χ0) is 13.9. The highest BCUT2D eigenvalue weighted by atomic mass is 32.2. The van der Waals surface area contributed by atoms with Gasteiger partial charge in [0.1, 0.15) is 9.84 Å². The third kappa shape index (κ3) is 3.79. The van der Waals surface area contributed by atoms with Crippen LogP contribution in [0.3, 0.4) is 0 Å². The van der Waals surface area contributed by atoms with Gasteiger partial charge in [-0.25, -0.2) is 8.42 Å². The molecule has 1 heterocycles. The third-order valence-corrected chi connectivity index (χ3v) is 5.27. The van der Waals surface area contributed by atoms with Gasteiger partial charge in [-0.1, -0.05) is 12.1 Å². The second-order valence-corrected chi connectivity index (χ2v) is 7.36. The SMILES string of the molecule is CC(NC1CCS(=O)(=O)CC1)c1cccc(C#N)c1. The average molecular weight is 278 g/mol. The molecule has 2 rings (SSSR count). The van der Waals surface area contributed by atoms with Crippen molar-refractivity contribution in [2.45, 2.75) is 31.8 Å². The number of nitriles is 1. The largest absolute Gasteiger partial charge is 0.307 e. The van der Waals surface area contributed by atoms with Gasteiger partial charge >= 0.3 is 0 Å². The first-order chi connectivity index (χ1) is 9.00. The molecule has 1 aromatic rings. The zero-order valence-electron chi connectivity index (χ0n) is 11.0. The Hall–Kier alpha value is -1.38. The van der Waals surface area contributed by atoms with E-state index >= 15 is 0 Å². The van der Waals surface area contributed by atoms with E-state index in [0.29, 0.717) is 18.4 Å². The van der Waals surface area contributed by atoms with Gasteiger partial charge in [0.05, 0.1) is 23.1 Å². The summed E-state index contributed by atoms with van der Waals surface area (Å²) in [4.78, 5) is 0. The first-order valence-electron chi connectivity index (χ1n) is 6.47. The fraction of sp³-hybridized carbons (Fsp3) is 0.500. The Labute approximate surface area is 114 Å². The van der Waals surface area contributed by atoms with Crippen LogP contribution in [-0.2, 0) is 9.84 Å². The van der Waals surface area contributed by atoms with Crippen molar-refractivity contribution in [2.75, 3.05) is 11.5 Å². The van der Waals surface area contributed by atoms with Crippen LogP contribution >= 0.6 is 0 Å². The Kier molecular flexibility index (Phi) is 4.23. The number of sulfone groups is 1. The lowest BCUT2D eigenvalue weighted by atomic mass is 10.0. The molecule has 0 saturated carbocycles. The van der Waals surface area contributed by atoms with Crippen molar-refractivity contribution in [3.05, 3.63) is 35.4 Å². The molecule has 19 heavy (non-hydrogen) atoms. The molecular weight excluding hydrogens is 260 g/mol. The van der Waals surface area contributed by atoms with Gasteiger partial charge in [0.15, 0.2) is 0 Å². The van der Waals surface area contributed by atoms with E-state index in [-0.39, 0.29) is 23.6 Å². The summed E-state index contributed by atoms with van der Waals surface area (Å²) < 4.78 is 22.7. The van der Waals surface area contributed by atoms with Gasteiger partial charge in [-0.15, -0.1) is 0 Å². The van der Waals surface area contributed by atoms with Gasteiger partial charge in [0.25, 0.3) is 0 Å². The van der Waals surface area contributed by atoms with Gasteiger partial charge in [0, 0.05) is 12.1 Å². The lowest BCUT2D eigenvalue weighted by Gasteiger charge is -2.27. The molecule has 1 atom stereocenters. The van der Waals surface area contributed by atoms with Crippen molar-refractivity contribution < 1.29 is 8.42 Å². The summed E-state index contributed by atoms with van der Waals surface area (Å²) in [5.74, 6) is 0.547. The maximum atomic E-state index is 11.4. The molecule has 0 amide bonds. The summed E-state index contributed by atoms with van der Waals surface area (Å²) in [6.45, 7) is 2.04. The minimum absolute atomic E-state index is 0.124. The summed E-state index contributed by atoms with van der Waals surface area (Å²) in [5, 5.41) is 12.3. The molecule has 1 aromatic carbocycles. The highest BCUT2D eigenvalue weighted by molar-refractivity contribution is 7.91. The standard InChI is InChI=1S/C14H18N2O2S/c1-11(13-4-2-3-12(9-13)10-15)16-14-5-7-19(17,18)8-6-14/h2-4,9,11,14,16H,5-8H2,1H3. The second-order valence-electron chi connectivity index (χ2n) is 5.05. The first-order valence-corrected chi connectivity index (χ1v) is 8.29. The van der Waals surface area contributed by atoms with Crippen LogP contribution < -0.4 is 5.32 Å². The fourth-order valence-electron chi connectivity index (χ4n) is 2.38. The maximum absolute atomic E-state index is 11.4. The Balaban J connectivity index is 1.98. The molecule has 0 aromatic heterocycles. The van der Waals surface area contributed by atoms with Crippen molar-refractivity contribution in [3.8, 4) is 6.07 Å². The smallest absolute Gasteiger partial charge is 0.150 e. The second kappa shape index (κ2) is 5.72. The first kappa shape index (κ1) is 14.0. The molecular formula is C14H18N2O2S. The minimum atomic E-state index is -2.81. The summed E-state index contributed by atoms with van der Waals surface area (Å²) in [5.41, 5.74) is 1.71. The van der Waals surface area contributed by atoms with Gasteiger partial charge in [-0.2, -0.15) is 5.26 Å². The molecule has 1 unspecified atom stereocenters. The van der Waals surface area contributed by atoms with E-state index in [0.717, 1.165) is 5.56 Å². The topological polar surface area (TPSA) is 70.0 Å². The number of nitrogens with one attached hydrogen (secondary N) is 1. The molecule has 102 valence electrons. The molecule has 1 saturated heterocycles. The molecule has 0 aliphatic carbocycles. The summed E-state index contributed by atoms with van der Waals surface area (Å²) in [6, 6.07) is 10.0. The van der Waals surface area contributed by atoms with Crippen LogP contribution in [0.25, 0.3) is 0 Å². The Morgan fingerprint density at radius 2 is 2.05 bits per heavy atom. The Morgan fingerprint density at radius 1 is 1.37 bits per heavy atom.